The number of hydrogen-bond donors (Lipinski definition) is 1. The van der Waals surface area contributed by atoms with Gasteiger partial charge in [-0.25, -0.2) is 8.78 Å². The summed E-state index contributed by atoms with van der Waals surface area (Å²) in [5, 5.41) is 4.49. The molecule has 156 valence electrons. The minimum Gasteiger partial charge on any atom is -0.497 e. The number of halogens is 2. The van der Waals surface area contributed by atoms with Crippen molar-refractivity contribution < 1.29 is 13.5 Å². The van der Waals surface area contributed by atoms with Crippen LogP contribution in [0.5, 0.6) is 0 Å². The first-order valence-electron chi connectivity index (χ1n) is 9.82. The number of nitrogens with zero attached hydrogens (tertiary/aromatic N) is 2. The molecule has 2 aromatic rings. The molecule has 0 saturated heterocycles. The number of ether oxygens (including phenoxy) is 1. The van der Waals surface area contributed by atoms with Gasteiger partial charge in [-0.05, 0) is 62.1 Å². The highest BCUT2D eigenvalue weighted by Crippen LogP contribution is 2.28. The van der Waals surface area contributed by atoms with Gasteiger partial charge in [0.15, 0.2) is 0 Å². The van der Waals surface area contributed by atoms with Crippen LogP contribution < -0.4 is 5.73 Å². The van der Waals surface area contributed by atoms with Gasteiger partial charge in [0.05, 0.1) is 12.8 Å². The normalized spacial score (nSPS) is 14.3. The molecule has 0 aliphatic carbocycles. The molecule has 0 spiro atoms. The van der Waals surface area contributed by atoms with Crippen molar-refractivity contribution in [1.29, 1.82) is 0 Å². The van der Waals surface area contributed by atoms with Gasteiger partial charge in [0.2, 0.25) is 0 Å². The van der Waals surface area contributed by atoms with Gasteiger partial charge in [-0.15, -0.1) is 0 Å². The molecule has 2 heterocycles. The topological polar surface area (TPSA) is 53.1 Å². The van der Waals surface area contributed by atoms with Gasteiger partial charge in [-0.3, -0.25) is 4.68 Å². The fraction of sp³-hybridized carbons (Fsp3) is 0.348. The van der Waals surface area contributed by atoms with E-state index in [4.69, 9.17) is 10.5 Å². The second-order valence-corrected chi connectivity index (χ2v) is 6.59. The highest BCUT2D eigenvalue weighted by Gasteiger charge is 2.18. The zero-order valence-corrected chi connectivity index (χ0v) is 17.3. The average molecular weight is 402 g/mol. The quantitative estimate of drug-likeness (QED) is 0.527. The first kappa shape index (κ1) is 22.6. The van der Waals surface area contributed by atoms with Gasteiger partial charge < -0.3 is 10.5 Å². The third-order valence-corrected chi connectivity index (χ3v) is 4.53. The van der Waals surface area contributed by atoms with Crippen molar-refractivity contribution in [2.75, 3.05) is 7.11 Å². The van der Waals surface area contributed by atoms with Crippen LogP contribution in [-0.2, 0) is 24.2 Å². The lowest BCUT2D eigenvalue weighted by Gasteiger charge is -2.05. The van der Waals surface area contributed by atoms with E-state index in [0.717, 1.165) is 31.4 Å². The number of aromatic nitrogens is 2. The Morgan fingerprint density at radius 1 is 1.31 bits per heavy atom. The molecule has 2 N–H and O–H groups in total. The zero-order valence-electron chi connectivity index (χ0n) is 17.3. The number of nitrogens with two attached hydrogens (primary N) is 1. The van der Waals surface area contributed by atoms with E-state index >= 15 is 0 Å². The Bertz CT molecular complexity index is 859. The minimum absolute atomic E-state index is 0.216. The molecule has 0 bridgehead atoms. The maximum atomic E-state index is 14.1. The van der Waals surface area contributed by atoms with E-state index in [1.165, 1.54) is 23.9 Å². The van der Waals surface area contributed by atoms with Crippen molar-refractivity contribution in [3.63, 3.8) is 0 Å². The average Bonchev–Trinajstić information content (AvgIpc) is 3.34. The molecular formula is C23H29F2N3O. The number of hydrogen-bond acceptors (Lipinski definition) is 3. The number of allylic oxidation sites excluding steroid dienone is 5. The van der Waals surface area contributed by atoms with Crippen LogP contribution in [0, 0.1) is 5.82 Å². The monoisotopic (exact) mass is 401 g/mol. The summed E-state index contributed by atoms with van der Waals surface area (Å²) in [5.74, 6) is 0.167. The van der Waals surface area contributed by atoms with Crippen LogP contribution in [0.1, 0.15) is 43.6 Å². The molecule has 6 heteroatoms. The molecule has 3 rings (SSSR count). The minimum atomic E-state index is -0.277. The Kier molecular flexibility index (Phi) is 8.80. The molecule has 0 fully saturated rings. The molecule has 0 atom stereocenters. The van der Waals surface area contributed by atoms with Crippen LogP contribution in [0.3, 0.4) is 0 Å². The molecule has 0 saturated carbocycles. The van der Waals surface area contributed by atoms with Crippen molar-refractivity contribution in [3.05, 3.63) is 82.9 Å². The summed E-state index contributed by atoms with van der Waals surface area (Å²) < 4.78 is 33.6. The number of fused-ring (bicyclic) bond motifs is 1. The maximum Gasteiger partial charge on any atom is 0.128 e. The van der Waals surface area contributed by atoms with Crippen LogP contribution in [0.2, 0.25) is 0 Å². The lowest BCUT2D eigenvalue weighted by Crippen LogP contribution is -1.97. The van der Waals surface area contributed by atoms with Gasteiger partial charge in [0, 0.05) is 24.4 Å². The Morgan fingerprint density at radius 3 is 2.59 bits per heavy atom. The first-order valence-corrected chi connectivity index (χ1v) is 9.82. The van der Waals surface area contributed by atoms with Crippen LogP contribution in [-0.4, -0.2) is 16.9 Å². The lowest BCUT2D eigenvalue weighted by atomic mass is 10.1. The third-order valence-electron chi connectivity index (χ3n) is 4.53. The van der Waals surface area contributed by atoms with E-state index in [9.17, 15) is 8.78 Å². The van der Waals surface area contributed by atoms with Crippen LogP contribution in [0.15, 0.2) is 60.1 Å². The molecule has 4 nitrogen and oxygen atoms in total. The molecule has 1 aromatic carbocycles. The molecule has 29 heavy (non-hydrogen) atoms. The summed E-state index contributed by atoms with van der Waals surface area (Å²) in [5.41, 5.74) is 8.56. The highest BCUT2D eigenvalue weighted by atomic mass is 19.1. The summed E-state index contributed by atoms with van der Waals surface area (Å²) in [6.45, 7) is 5.09. The first-order chi connectivity index (χ1) is 14.0. The molecule has 0 amide bonds. The van der Waals surface area contributed by atoms with Crippen LogP contribution in [0.25, 0.3) is 5.57 Å². The number of benzene rings is 1. The third kappa shape index (κ3) is 6.39. The summed E-state index contributed by atoms with van der Waals surface area (Å²) >= 11 is 0. The maximum absolute atomic E-state index is 14.1. The highest BCUT2D eigenvalue weighted by molar-refractivity contribution is 5.76. The molecule has 0 unspecified atom stereocenters. The zero-order chi connectivity index (χ0) is 21.2. The van der Waals surface area contributed by atoms with E-state index in [2.05, 4.69) is 5.10 Å². The molecule has 1 aliphatic rings. The predicted octanol–water partition coefficient (Wildman–Crippen LogP) is 5.31. The van der Waals surface area contributed by atoms with E-state index < -0.39 is 0 Å². The summed E-state index contributed by atoms with van der Waals surface area (Å²) in [4.78, 5) is 0. The molecule has 1 aliphatic heterocycles. The van der Waals surface area contributed by atoms with Crippen molar-refractivity contribution in [2.24, 2.45) is 5.73 Å². The summed E-state index contributed by atoms with van der Waals surface area (Å²) in [7, 11) is 1.59. The largest absolute Gasteiger partial charge is 0.497 e. The Balaban J connectivity index is 0.000000278. The Labute approximate surface area is 171 Å². The standard InChI is InChI=1S/C16H21FN2O.C7H8FN/c1-4-7-13(20-3)11-14(15(17)5-2)16-10-12-8-6-9-19(12)18-16;8-7-3-1-6(5-9)2-4-7/h5,7,10-11H,4,6,8-9H2,1-3H3;1-4H,5,9H2/b13-7-,14-11+,15-5+;. The second kappa shape index (κ2) is 11.3. The van der Waals surface area contributed by atoms with Crippen LogP contribution in [0.4, 0.5) is 8.78 Å². The van der Waals surface area contributed by atoms with Crippen molar-refractivity contribution >= 4 is 5.57 Å². The number of rotatable bonds is 6. The van der Waals surface area contributed by atoms with Gasteiger partial charge in [0.1, 0.15) is 17.4 Å². The van der Waals surface area contributed by atoms with E-state index in [-0.39, 0.29) is 11.6 Å². The van der Waals surface area contributed by atoms with Gasteiger partial charge in [0.25, 0.3) is 0 Å². The fourth-order valence-electron chi connectivity index (χ4n) is 2.98. The number of aryl methyl sites for hydroxylation is 2. The van der Waals surface area contributed by atoms with Gasteiger partial charge in [-0.2, -0.15) is 5.10 Å². The predicted molar refractivity (Wildman–Crippen MR) is 113 cm³/mol. The summed E-state index contributed by atoms with van der Waals surface area (Å²) in [6.07, 6.45) is 8.07. The van der Waals surface area contributed by atoms with Crippen LogP contribution >= 0.6 is 0 Å². The Hall–Kier alpha value is -2.73. The molecule has 0 radical (unpaired) electrons. The van der Waals surface area contributed by atoms with E-state index in [0.29, 0.717) is 23.6 Å². The van der Waals surface area contributed by atoms with Crippen molar-refractivity contribution in [2.45, 2.75) is 46.2 Å². The second-order valence-electron chi connectivity index (χ2n) is 6.59. The lowest BCUT2D eigenvalue weighted by molar-refractivity contribution is 0.305. The van der Waals surface area contributed by atoms with E-state index in [1.54, 1.807) is 32.2 Å². The fourth-order valence-corrected chi connectivity index (χ4v) is 2.98. The van der Waals surface area contributed by atoms with Gasteiger partial charge >= 0.3 is 0 Å². The van der Waals surface area contributed by atoms with E-state index in [1.807, 2.05) is 23.7 Å². The van der Waals surface area contributed by atoms with Crippen molar-refractivity contribution in [3.8, 4) is 0 Å². The SMILES string of the molecule is C\C=C(F)/C(=C\C(=C\CC)OC)c1cc2n(n1)CCC2.NCc1ccc(F)cc1. The molecular weight excluding hydrogens is 372 g/mol. The molecule has 1 aromatic heterocycles. The Morgan fingerprint density at radius 2 is 2.03 bits per heavy atom. The van der Waals surface area contributed by atoms with Gasteiger partial charge in [-0.1, -0.05) is 25.1 Å². The summed E-state index contributed by atoms with van der Waals surface area (Å²) in [6, 6.07) is 8.14. The van der Waals surface area contributed by atoms with Crippen molar-refractivity contribution in [1.82, 2.24) is 9.78 Å². The number of methoxy groups -OCH3 is 1. The smallest absolute Gasteiger partial charge is 0.128 e.